The van der Waals surface area contributed by atoms with Gasteiger partial charge >= 0.3 is 0 Å². The van der Waals surface area contributed by atoms with E-state index in [-0.39, 0.29) is 11.4 Å². The highest BCUT2D eigenvalue weighted by molar-refractivity contribution is 7.91. The van der Waals surface area contributed by atoms with Crippen LogP contribution in [0.1, 0.15) is 20.5 Å². The molecule has 0 radical (unpaired) electrons. The molecule has 0 saturated carbocycles. The summed E-state index contributed by atoms with van der Waals surface area (Å²) in [5.74, 6) is -0.941. The van der Waals surface area contributed by atoms with Crippen molar-refractivity contribution in [3.05, 3.63) is 87.3 Å². The largest absolute Gasteiger partial charge is 0.350 e. The molecule has 3 rings (SSSR count). The molecule has 0 aliphatic heterocycles. The number of hydrogen-bond donors (Lipinski definition) is 1. The van der Waals surface area contributed by atoms with Crippen LogP contribution >= 0.6 is 22.9 Å². The van der Waals surface area contributed by atoms with E-state index >= 15 is 0 Å². The first-order valence-electron chi connectivity index (χ1n) is 7.94. The van der Waals surface area contributed by atoms with Gasteiger partial charge in [0, 0.05) is 22.0 Å². The SMILES string of the molecule is O=C(NCC(c1cccs1)S(=O)(=O)c1ccc(F)cc1)c1cccc(Cl)c1. The number of nitrogens with one attached hydrogen (secondary N) is 1. The lowest BCUT2D eigenvalue weighted by atomic mass is 10.2. The fourth-order valence-corrected chi connectivity index (χ4v) is 5.52. The van der Waals surface area contributed by atoms with E-state index in [2.05, 4.69) is 5.32 Å². The van der Waals surface area contributed by atoms with Gasteiger partial charge in [-0.05, 0) is 53.9 Å². The predicted molar refractivity (Wildman–Crippen MR) is 104 cm³/mol. The van der Waals surface area contributed by atoms with Gasteiger partial charge in [0.15, 0.2) is 9.84 Å². The average molecular weight is 424 g/mol. The van der Waals surface area contributed by atoms with Crippen molar-refractivity contribution in [3.8, 4) is 0 Å². The van der Waals surface area contributed by atoms with E-state index in [1.165, 1.54) is 29.5 Å². The monoisotopic (exact) mass is 423 g/mol. The zero-order valence-corrected chi connectivity index (χ0v) is 16.3. The second-order valence-electron chi connectivity index (χ2n) is 5.72. The maximum atomic E-state index is 13.2. The average Bonchev–Trinajstić information content (AvgIpc) is 3.16. The molecule has 0 bridgehead atoms. The fourth-order valence-electron chi connectivity index (χ4n) is 2.54. The van der Waals surface area contributed by atoms with Crippen molar-refractivity contribution >= 4 is 38.7 Å². The van der Waals surface area contributed by atoms with Crippen LogP contribution in [0.2, 0.25) is 5.02 Å². The number of thiophene rings is 1. The van der Waals surface area contributed by atoms with Crippen molar-refractivity contribution in [1.29, 1.82) is 0 Å². The van der Waals surface area contributed by atoms with Crippen molar-refractivity contribution in [2.75, 3.05) is 6.54 Å². The molecular weight excluding hydrogens is 409 g/mol. The molecule has 0 aliphatic rings. The number of carbonyl (C=O) groups excluding carboxylic acids is 1. The normalized spacial score (nSPS) is 12.5. The Kier molecular flexibility index (Phi) is 5.94. The maximum absolute atomic E-state index is 13.2. The van der Waals surface area contributed by atoms with Gasteiger partial charge in [0.2, 0.25) is 0 Å². The molecule has 1 N–H and O–H groups in total. The van der Waals surface area contributed by atoms with Crippen LogP contribution in [-0.2, 0) is 9.84 Å². The third-order valence-corrected chi connectivity index (χ3v) is 7.38. The first-order chi connectivity index (χ1) is 12.9. The minimum Gasteiger partial charge on any atom is -0.350 e. The summed E-state index contributed by atoms with van der Waals surface area (Å²) in [5.41, 5.74) is 0.339. The van der Waals surface area contributed by atoms with Crippen molar-refractivity contribution < 1.29 is 17.6 Å². The van der Waals surface area contributed by atoms with Gasteiger partial charge in [-0.2, -0.15) is 0 Å². The van der Waals surface area contributed by atoms with Crippen LogP contribution in [0.25, 0.3) is 0 Å². The molecule has 140 valence electrons. The summed E-state index contributed by atoms with van der Waals surface area (Å²) < 4.78 is 39.3. The van der Waals surface area contributed by atoms with Crippen LogP contribution < -0.4 is 5.32 Å². The van der Waals surface area contributed by atoms with E-state index in [4.69, 9.17) is 11.6 Å². The first kappa shape index (κ1) is 19.5. The van der Waals surface area contributed by atoms with E-state index in [0.29, 0.717) is 15.5 Å². The van der Waals surface area contributed by atoms with Gasteiger partial charge in [-0.3, -0.25) is 4.79 Å². The molecule has 0 aliphatic carbocycles. The molecule has 1 heterocycles. The Hall–Kier alpha value is -2.22. The number of rotatable bonds is 6. The minimum absolute atomic E-state index is 0.000644. The second kappa shape index (κ2) is 8.21. The van der Waals surface area contributed by atoms with Crippen molar-refractivity contribution in [1.82, 2.24) is 5.32 Å². The van der Waals surface area contributed by atoms with Gasteiger partial charge in [0.25, 0.3) is 5.91 Å². The summed E-state index contributed by atoms with van der Waals surface area (Å²) in [7, 11) is -3.82. The Morgan fingerprint density at radius 2 is 1.85 bits per heavy atom. The Morgan fingerprint density at radius 1 is 1.11 bits per heavy atom. The number of carbonyl (C=O) groups is 1. The molecule has 0 fully saturated rings. The number of hydrogen-bond acceptors (Lipinski definition) is 4. The van der Waals surface area contributed by atoms with Crippen LogP contribution in [0.15, 0.2) is 70.9 Å². The number of amides is 1. The van der Waals surface area contributed by atoms with E-state index < -0.39 is 26.8 Å². The standard InChI is InChI=1S/C19H15ClFNO3S2/c20-14-4-1-3-13(11-14)19(23)22-12-18(17-5-2-10-26-17)27(24,25)16-8-6-15(21)7-9-16/h1-11,18H,12H2,(H,22,23). The summed E-state index contributed by atoms with van der Waals surface area (Å²) in [6, 6.07) is 14.5. The minimum atomic E-state index is -3.82. The Morgan fingerprint density at radius 3 is 2.48 bits per heavy atom. The molecule has 1 unspecified atom stereocenters. The van der Waals surface area contributed by atoms with Crippen molar-refractivity contribution in [3.63, 3.8) is 0 Å². The highest BCUT2D eigenvalue weighted by atomic mass is 35.5. The van der Waals surface area contributed by atoms with E-state index in [1.54, 1.807) is 35.7 Å². The lowest BCUT2D eigenvalue weighted by Crippen LogP contribution is -2.31. The fraction of sp³-hybridized carbons (Fsp3) is 0.105. The highest BCUT2D eigenvalue weighted by Crippen LogP contribution is 2.31. The lowest BCUT2D eigenvalue weighted by molar-refractivity contribution is 0.0953. The topological polar surface area (TPSA) is 63.2 Å². The van der Waals surface area contributed by atoms with E-state index in [0.717, 1.165) is 12.1 Å². The summed E-state index contributed by atoms with van der Waals surface area (Å²) >= 11 is 7.17. The summed E-state index contributed by atoms with van der Waals surface area (Å²) in [4.78, 5) is 13.0. The second-order valence-corrected chi connectivity index (χ2v) is 9.27. The summed E-state index contributed by atoms with van der Waals surface area (Å²) in [5, 5.41) is 3.86. The van der Waals surface area contributed by atoms with Crippen LogP contribution in [0.5, 0.6) is 0 Å². The Labute approximate surface area is 165 Å². The van der Waals surface area contributed by atoms with E-state index in [9.17, 15) is 17.6 Å². The van der Waals surface area contributed by atoms with Gasteiger partial charge in [0.05, 0.1) is 4.90 Å². The molecular formula is C19H15ClFNO3S2. The molecule has 1 aromatic heterocycles. The highest BCUT2D eigenvalue weighted by Gasteiger charge is 2.30. The Bertz CT molecular complexity index is 1040. The van der Waals surface area contributed by atoms with Crippen LogP contribution in [-0.4, -0.2) is 20.9 Å². The third kappa shape index (κ3) is 4.55. The summed E-state index contributed by atoms with van der Waals surface area (Å²) in [6.45, 7) is -0.119. The van der Waals surface area contributed by atoms with Crippen LogP contribution in [0.3, 0.4) is 0 Å². The third-order valence-electron chi connectivity index (χ3n) is 3.91. The number of halogens is 2. The molecule has 0 spiro atoms. The first-order valence-corrected chi connectivity index (χ1v) is 10.7. The molecule has 4 nitrogen and oxygen atoms in total. The molecule has 1 amide bonds. The zero-order chi connectivity index (χ0) is 19.4. The molecule has 1 atom stereocenters. The van der Waals surface area contributed by atoms with Crippen LogP contribution in [0, 0.1) is 5.82 Å². The molecule has 3 aromatic rings. The van der Waals surface area contributed by atoms with Crippen molar-refractivity contribution in [2.45, 2.75) is 10.1 Å². The van der Waals surface area contributed by atoms with Gasteiger partial charge in [-0.25, -0.2) is 12.8 Å². The van der Waals surface area contributed by atoms with Crippen LogP contribution in [0.4, 0.5) is 4.39 Å². The molecule has 0 saturated heterocycles. The molecule has 2 aromatic carbocycles. The lowest BCUT2D eigenvalue weighted by Gasteiger charge is -2.17. The van der Waals surface area contributed by atoms with Gasteiger partial charge in [-0.1, -0.05) is 23.7 Å². The number of sulfone groups is 1. The number of benzene rings is 2. The summed E-state index contributed by atoms with van der Waals surface area (Å²) in [6.07, 6.45) is 0. The Balaban J connectivity index is 1.86. The quantitative estimate of drug-likeness (QED) is 0.594. The van der Waals surface area contributed by atoms with Gasteiger partial charge < -0.3 is 5.32 Å². The van der Waals surface area contributed by atoms with Gasteiger partial charge in [-0.15, -0.1) is 11.3 Å². The zero-order valence-electron chi connectivity index (χ0n) is 13.9. The predicted octanol–water partition coefficient (Wildman–Crippen LogP) is 4.49. The van der Waals surface area contributed by atoms with E-state index in [1.807, 2.05) is 0 Å². The molecule has 8 heteroatoms. The molecule has 27 heavy (non-hydrogen) atoms. The maximum Gasteiger partial charge on any atom is 0.251 e. The smallest absolute Gasteiger partial charge is 0.251 e. The van der Waals surface area contributed by atoms with Crippen molar-refractivity contribution in [2.24, 2.45) is 0 Å². The van der Waals surface area contributed by atoms with Gasteiger partial charge in [0.1, 0.15) is 11.1 Å².